The van der Waals surface area contributed by atoms with E-state index >= 15 is 0 Å². The molecule has 1 saturated carbocycles. The SMILES string of the molecule is C=Cc1cc(C(=O)Nc2ccc(C(=N)NC(=O)OCCCCCC)cc2)c(-c2ccc(C(=O)NCC3CC3)nc2C(=O)OC(C)OC(=O)O)cc1OC. The second kappa shape index (κ2) is 18.8. The number of aromatic nitrogens is 1. The molecule has 5 N–H and O–H groups in total. The fourth-order valence-electron chi connectivity index (χ4n) is 5.15. The van der Waals surface area contributed by atoms with Crippen LogP contribution >= 0.6 is 0 Å². The molecule has 3 amide bonds. The monoisotopic (exact) mass is 729 g/mol. The summed E-state index contributed by atoms with van der Waals surface area (Å²) in [5, 5.41) is 25.2. The number of alkyl carbamates (subject to hydrolysis) is 1. The van der Waals surface area contributed by atoms with Gasteiger partial charge in [-0.05, 0) is 73.7 Å². The highest BCUT2D eigenvalue weighted by molar-refractivity contribution is 6.11. The highest BCUT2D eigenvalue weighted by Gasteiger charge is 2.27. The van der Waals surface area contributed by atoms with Crippen LogP contribution in [0.25, 0.3) is 17.2 Å². The summed E-state index contributed by atoms with van der Waals surface area (Å²) < 4.78 is 20.4. The Labute approximate surface area is 306 Å². The standard InChI is InChI=1S/C38H43N5O10/c1-5-7-8-9-18-51-37(47)43-33(39)25-12-14-26(15-13-25)41-34(44)29-19-24(6-2)31(50-4)20-28(29)27-16-17-30(35(45)40-21-23-10-11-23)42-32(27)36(46)52-22(3)53-38(48)49/h6,12-17,19-20,22-23H,2,5,7-11,18,21H2,1,3-4H3,(H,40,45)(H,41,44)(H,48,49)(H2,39,43,47). The molecule has 4 rings (SSSR count). The van der Waals surface area contributed by atoms with Gasteiger partial charge in [0.25, 0.3) is 11.8 Å². The number of carbonyl (C=O) groups is 5. The van der Waals surface area contributed by atoms with E-state index in [9.17, 15) is 24.0 Å². The molecule has 0 saturated heterocycles. The second-order valence-electron chi connectivity index (χ2n) is 12.2. The topological polar surface area (TPSA) is 215 Å². The molecule has 15 heteroatoms. The summed E-state index contributed by atoms with van der Waals surface area (Å²) in [6.45, 7) is 7.78. The molecule has 1 atom stereocenters. The maximum absolute atomic E-state index is 13.9. The zero-order chi connectivity index (χ0) is 38.5. The van der Waals surface area contributed by atoms with Gasteiger partial charge in [-0.15, -0.1) is 0 Å². The number of rotatable bonds is 17. The maximum atomic E-state index is 13.9. The number of hydrogen-bond acceptors (Lipinski definition) is 11. The molecule has 1 aliphatic rings. The van der Waals surface area contributed by atoms with Crippen LogP contribution < -0.4 is 20.7 Å². The number of nitrogens with one attached hydrogen (secondary N) is 4. The summed E-state index contributed by atoms with van der Waals surface area (Å²) in [6.07, 6.45) is 3.33. The number of amides is 3. The van der Waals surface area contributed by atoms with E-state index in [4.69, 9.17) is 24.7 Å². The molecule has 1 aromatic heterocycles. The lowest BCUT2D eigenvalue weighted by atomic mass is 9.94. The average molecular weight is 730 g/mol. The van der Waals surface area contributed by atoms with Gasteiger partial charge in [-0.2, -0.15) is 0 Å². The van der Waals surface area contributed by atoms with Gasteiger partial charge in [0.15, 0.2) is 5.69 Å². The molecule has 15 nitrogen and oxygen atoms in total. The first kappa shape index (κ1) is 39.5. The number of esters is 1. The van der Waals surface area contributed by atoms with Crippen LogP contribution in [-0.4, -0.2) is 72.5 Å². The quantitative estimate of drug-likeness (QED) is 0.0327. The Balaban J connectivity index is 1.63. The number of benzene rings is 2. The molecule has 1 heterocycles. The van der Waals surface area contributed by atoms with E-state index in [1.165, 1.54) is 56.5 Å². The highest BCUT2D eigenvalue weighted by Crippen LogP contribution is 2.35. The number of hydrogen-bond donors (Lipinski definition) is 5. The lowest BCUT2D eigenvalue weighted by Crippen LogP contribution is -2.31. The molecule has 280 valence electrons. The summed E-state index contributed by atoms with van der Waals surface area (Å²) in [5.41, 5.74) is 0.951. The van der Waals surface area contributed by atoms with Crippen molar-refractivity contribution >= 4 is 47.6 Å². The molecule has 1 unspecified atom stereocenters. The van der Waals surface area contributed by atoms with E-state index in [2.05, 4.69) is 39.2 Å². The van der Waals surface area contributed by atoms with E-state index in [0.717, 1.165) is 38.5 Å². The van der Waals surface area contributed by atoms with Gasteiger partial charge in [-0.3, -0.25) is 20.3 Å². The van der Waals surface area contributed by atoms with Crippen molar-refractivity contribution in [1.82, 2.24) is 15.6 Å². The van der Waals surface area contributed by atoms with Gasteiger partial charge >= 0.3 is 18.2 Å². The van der Waals surface area contributed by atoms with Crippen LogP contribution in [0.1, 0.15) is 94.8 Å². The van der Waals surface area contributed by atoms with Crippen LogP contribution in [0.2, 0.25) is 0 Å². The van der Waals surface area contributed by atoms with Crippen LogP contribution in [0.5, 0.6) is 5.75 Å². The summed E-state index contributed by atoms with van der Waals surface area (Å²) in [7, 11) is 1.42. The summed E-state index contributed by atoms with van der Waals surface area (Å²) in [5.74, 6) is -1.77. The van der Waals surface area contributed by atoms with Gasteiger partial charge in [-0.25, -0.2) is 19.4 Å². The smallest absolute Gasteiger partial charge is 0.496 e. The molecule has 0 bridgehead atoms. The van der Waals surface area contributed by atoms with Gasteiger partial charge in [-0.1, -0.05) is 38.8 Å². The molecule has 1 fully saturated rings. The van der Waals surface area contributed by atoms with Gasteiger partial charge < -0.3 is 34.7 Å². The minimum absolute atomic E-state index is 0.0532. The minimum atomic E-state index is -1.67. The number of nitrogens with zero attached hydrogens (tertiary/aromatic N) is 1. The largest absolute Gasteiger partial charge is 0.508 e. The molecule has 0 radical (unpaired) electrons. The van der Waals surface area contributed by atoms with Crippen LogP contribution in [0, 0.1) is 11.3 Å². The van der Waals surface area contributed by atoms with Crippen LogP contribution in [-0.2, 0) is 14.2 Å². The third-order valence-electron chi connectivity index (χ3n) is 8.12. The van der Waals surface area contributed by atoms with Crippen molar-refractivity contribution < 1.29 is 48.0 Å². The zero-order valence-corrected chi connectivity index (χ0v) is 29.8. The van der Waals surface area contributed by atoms with E-state index in [1.807, 2.05) is 0 Å². The van der Waals surface area contributed by atoms with Crippen molar-refractivity contribution in [1.29, 1.82) is 5.41 Å². The molecular weight excluding hydrogens is 686 g/mol. The highest BCUT2D eigenvalue weighted by atomic mass is 16.8. The van der Waals surface area contributed by atoms with Gasteiger partial charge in [0.2, 0.25) is 6.29 Å². The third kappa shape index (κ3) is 11.4. The van der Waals surface area contributed by atoms with E-state index in [0.29, 0.717) is 35.0 Å². The Morgan fingerprint density at radius 2 is 1.74 bits per heavy atom. The number of carboxylic acid groups (broad SMARTS) is 1. The first-order valence-corrected chi connectivity index (χ1v) is 17.1. The zero-order valence-electron chi connectivity index (χ0n) is 29.8. The first-order chi connectivity index (χ1) is 25.4. The lowest BCUT2D eigenvalue weighted by Gasteiger charge is -2.18. The molecule has 0 spiro atoms. The van der Waals surface area contributed by atoms with Gasteiger partial charge in [0.1, 0.15) is 17.3 Å². The molecule has 53 heavy (non-hydrogen) atoms. The third-order valence-corrected chi connectivity index (χ3v) is 8.12. The normalized spacial score (nSPS) is 12.4. The Morgan fingerprint density at radius 1 is 1.00 bits per heavy atom. The number of methoxy groups -OCH3 is 1. The van der Waals surface area contributed by atoms with Crippen molar-refractivity contribution in [2.75, 3.05) is 25.6 Å². The average Bonchev–Trinajstić information content (AvgIpc) is 3.97. The van der Waals surface area contributed by atoms with Crippen molar-refractivity contribution in [2.45, 2.75) is 58.7 Å². The van der Waals surface area contributed by atoms with E-state index in [1.54, 1.807) is 12.1 Å². The molecule has 2 aromatic carbocycles. The fraction of sp³-hybridized carbons (Fsp3) is 0.342. The molecular formula is C38H43N5O10. The lowest BCUT2D eigenvalue weighted by molar-refractivity contribution is -0.0743. The van der Waals surface area contributed by atoms with Crippen molar-refractivity contribution in [3.05, 3.63) is 83.2 Å². The summed E-state index contributed by atoms with van der Waals surface area (Å²) >= 11 is 0. The van der Waals surface area contributed by atoms with Crippen LogP contribution in [0.15, 0.2) is 55.1 Å². The Morgan fingerprint density at radius 3 is 2.38 bits per heavy atom. The van der Waals surface area contributed by atoms with Crippen molar-refractivity contribution in [3.63, 3.8) is 0 Å². The molecule has 3 aromatic rings. The number of amidine groups is 1. The van der Waals surface area contributed by atoms with Gasteiger partial charge in [0.05, 0.1) is 13.7 Å². The molecule has 0 aliphatic heterocycles. The summed E-state index contributed by atoms with van der Waals surface area (Å²) in [6, 6.07) is 12.0. The second-order valence-corrected chi connectivity index (χ2v) is 12.2. The predicted molar refractivity (Wildman–Crippen MR) is 195 cm³/mol. The Bertz CT molecular complexity index is 1860. The number of unbranched alkanes of at least 4 members (excludes halogenated alkanes) is 3. The minimum Gasteiger partial charge on any atom is -0.496 e. The first-order valence-electron chi connectivity index (χ1n) is 17.1. The van der Waals surface area contributed by atoms with Crippen molar-refractivity contribution in [3.8, 4) is 16.9 Å². The number of ether oxygens (including phenoxy) is 4. The maximum Gasteiger partial charge on any atom is 0.508 e. The van der Waals surface area contributed by atoms with E-state index < -0.39 is 36.3 Å². The van der Waals surface area contributed by atoms with Crippen LogP contribution in [0.4, 0.5) is 15.3 Å². The van der Waals surface area contributed by atoms with Gasteiger partial charge in [0, 0.05) is 47.0 Å². The summed E-state index contributed by atoms with van der Waals surface area (Å²) in [4.78, 5) is 67.9. The van der Waals surface area contributed by atoms with Crippen LogP contribution in [0.3, 0.4) is 0 Å². The number of pyridine rings is 1. The predicted octanol–water partition coefficient (Wildman–Crippen LogP) is 6.62. The number of anilines is 1. The number of carbonyl (C=O) groups excluding carboxylic acids is 4. The Hall–Kier alpha value is -6.25. The van der Waals surface area contributed by atoms with E-state index in [-0.39, 0.29) is 40.5 Å². The van der Waals surface area contributed by atoms with Crippen molar-refractivity contribution in [2.24, 2.45) is 5.92 Å². The Kier molecular flexibility index (Phi) is 14.0. The fourth-order valence-corrected chi connectivity index (χ4v) is 5.15. The molecule has 1 aliphatic carbocycles.